The topological polar surface area (TPSA) is 95.2 Å². The Labute approximate surface area is 147 Å². The van der Waals surface area contributed by atoms with Crippen LogP contribution in [0.3, 0.4) is 0 Å². The molecule has 1 aromatic carbocycles. The molecule has 0 unspecified atom stereocenters. The number of sulfone groups is 1. The van der Waals surface area contributed by atoms with Gasteiger partial charge in [0.1, 0.15) is 9.84 Å². The minimum atomic E-state index is -3.03. The molecule has 0 spiro atoms. The summed E-state index contributed by atoms with van der Waals surface area (Å²) in [6, 6.07) is 9.18. The Morgan fingerprint density at radius 1 is 1.40 bits per heavy atom. The lowest BCUT2D eigenvalue weighted by molar-refractivity contribution is 0.183. The molecule has 1 fully saturated rings. The maximum Gasteiger partial charge on any atom is 0.321 e. The summed E-state index contributed by atoms with van der Waals surface area (Å²) < 4.78 is 23.0. The van der Waals surface area contributed by atoms with E-state index in [9.17, 15) is 13.2 Å². The molecule has 7 nitrogen and oxygen atoms in total. The van der Waals surface area contributed by atoms with Gasteiger partial charge >= 0.3 is 6.03 Å². The number of H-pyrrole nitrogens is 1. The summed E-state index contributed by atoms with van der Waals surface area (Å²) in [5.74, 6) is 0.136. The van der Waals surface area contributed by atoms with Crippen LogP contribution in [0.25, 0.3) is 11.3 Å². The molecule has 1 atom stereocenters. The van der Waals surface area contributed by atoms with Gasteiger partial charge in [0.25, 0.3) is 0 Å². The number of urea groups is 1. The zero-order chi connectivity index (χ0) is 17.9. The van der Waals surface area contributed by atoms with Gasteiger partial charge in [0, 0.05) is 36.8 Å². The van der Waals surface area contributed by atoms with E-state index in [-0.39, 0.29) is 17.7 Å². The van der Waals surface area contributed by atoms with Crippen LogP contribution in [0.4, 0.5) is 10.5 Å². The second-order valence-electron chi connectivity index (χ2n) is 6.53. The number of aromatic nitrogens is 2. The standard InChI is InChI=1S/C17H22N4O3S/c1-25(23,24)12-13-4-3-9-21(11-13)17(22)19-15-6-2-5-14(10-15)16-7-8-18-20-16/h2,5-8,10,13H,3-4,9,11-12H2,1H3,(H,18,20)(H,19,22)/t13-/m1/s1. The summed E-state index contributed by atoms with van der Waals surface area (Å²) in [6.07, 6.45) is 4.58. The lowest BCUT2D eigenvalue weighted by atomic mass is 10.0. The summed E-state index contributed by atoms with van der Waals surface area (Å²) in [7, 11) is -3.03. The van der Waals surface area contributed by atoms with Gasteiger partial charge in [0.05, 0.1) is 11.4 Å². The molecule has 25 heavy (non-hydrogen) atoms. The first-order valence-corrected chi connectivity index (χ1v) is 10.3. The largest absolute Gasteiger partial charge is 0.324 e. The highest BCUT2D eigenvalue weighted by Crippen LogP contribution is 2.22. The molecule has 1 aromatic heterocycles. The molecule has 1 aliphatic heterocycles. The number of rotatable bonds is 4. The Morgan fingerprint density at radius 2 is 2.24 bits per heavy atom. The zero-order valence-electron chi connectivity index (χ0n) is 14.1. The predicted octanol–water partition coefficient (Wildman–Crippen LogP) is 2.37. The second kappa shape index (κ2) is 7.26. The molecule has 3 rings (SSSR count). The number of hydrogen-bond donors (Lipinski definition) is 2. The molecule has 2 aromatic rings. The Morgan fingerprint density at radius 3 is 2.96 bits per heavy atom. The SMILES string of the molecule is CS(=O)(=O)C[C@@H]1CCCN(C(=O)Nc2cccc(-c3ccn[nH]3)c2)C1. The summed E-state index contributed by atoms with van der Waals surface area (Å²) in [6.45, 7) is 1.12. The van der Waals surface area contributed by atoms with Crippen LogP contribution in [0.5, 0.6) is 0 Å². The lowest BCUT2D eigenvalue weighted by Gasteiger charge is -2.32. The summed E-state index contributed by atoms with van der Waals surface area (Å²) in [5.41, 5.74) is 2.51. The van der Waals surface area contributed by atoms with Crippen molar-refractivity contribution in [1.29, 1.82) is 0 Å². The normalized spacial score (nSPS) is 18.1. The zero-order valence-corrected chi connectivity index (χ0v) is 14.9. The van der Waals surface area contributed by atoms with Gasteiger partial charge in [-0.15, -0.1) is 0 Å². The maximum absolute atomic E-state index is 12.5. The van der Waals surface area contributed by atoms with Gasteiger partial charge < -0.3 is 10.2 Å². The number of nitrogens with one attached hydrogen (secondary N) is 2. The molecular formula is C17H22N4O3S. The van der Waals surface area contributed by atoms with E-state index in [2.05, 4.69) is 15.5 Å². The van der Waals surface area contributed by atoms with Crippen LogP contribution in [-0.4, -0.2) is 54.6 Å². The molecule has 2 heterocycles. The van der Waals surface area contributed by atoms with Crippen molar-refractivity contribution in [2.24, 2.45) is 5.92 Å². The van der Waals surface area contributed by atoms with Crippen molar-refractivity contribution in [2.45, 2.75) is 12.8 Å². The third-order valence-electron chi connectivity index (χ3n) is 4.27. The molecule has 2 N–H and O–H groups in total. The van der Waals surface area contributed by atoms with E-state index in [0.717, 1.165) is 24.1 Å². The number of amides is 2. The number of nitrogens with zero attached hydrogens (tertiary/aromatic N) is 2. The Bertz CT molecular complexity index is 833. The van der Waals surface area contributed by atoms with Crippen molar-refractivity contribution in [3.8, 4) is 11.3 Å². The van der Waals surface area contributed by atoms with E-state index >= 15 is 0 Å². The maximum atomic E-state index is 12.5. The molecule has 0 aliphatic carbocycles. The van der Waals surface area contributed by atoms with Gasteiger partial charge in [-0.2, -0.15) is 5.10 Å². The molecule has 1 saturated heterocycles. The highest BCUT2D eigenvalue weighted by atomic mass is 32.2. The first-order chi connectivity index (χ1) is 11.9. The Kier molecular flexibility index (Phi) is 5.08. The minimum Gasteiger partial charge on any atom is -0.324 e. The van der Waals surface area contributed by atoms with E-state index in [1.807, 2.05) is 30.3 Å². The van der Waals surface area contributed by atoms with Crippen LogP contribution < -0.4 is 5.32 Å². The smallest absolute Gasteiger partial charge is 0.321 e. The van der Waals surface area contributed by atoms with E-state index in [4.69, 9.17) is 0 Å². The van der Waals surface area contributed by atoms with Crippen molar-refractivity contribution in [1.82, 2.24) is 15.1 Å². The fourth-order valence-electron chi connectivity index (χ4n) is 3.20. The van der Waals surface area contributed by atoms with Crippen molar-refractivity contribution in [3.05, 3.63) is 36.5 Å². The molecule has 0 bridgehead atoms. The van der Waals surface area contributed by atoms with Crippen molar-refractivity contribution in [3.63, 3.8) is 0 Å². The van der Waals surface area contributed by atoms with Gasteiger partial charge in [0.2, 0.25) is 0 Å². The van der Waals surface area contributed by atoms with Gasteiger partial charge in [-0.25, -0.2) is 13.2 Å². The number of likely N-dealkylation sites (tertiary alicyclic amines) is 1. The van der Waals surface area contributed by atoms with Crippen LogP contribution in [0.2, 0.25) is 0 Å². The first kappa shape index (κ1) is 17.5. The fraction of sp³-hybridized carbons (Fsp3) is 0.412. The van der Waals surface area contributed by atoms with Gasteiger partial charge in [-0.1, -0.05) is 12.1 Å². The Balaban J connectivity index is 1.65. The van der Waals surface area contributed by atoms with Crippen molar-refractivity contribution in [2.75, 3.05) is 30.4 Å². The van der Waals surface area contributed by atoms with Crippen LogP contribution in [0, 0.1) is 5.92 Å². The van der Waals surface area contributed by atoms with Gasteiger partial charge in [0.15, 0.2) is 0 Å². The summed E-state index contributed by atoms with van der Waals surface area (Å²) >= 11 is 0. The van der Waals surface area contributed by atoms with E-state index < -0.39 is 9.84 Å². The summed E-state index contributed by atoms with van der Waals surface area (Å²) in [4.78, 5) is 14.2. The van der Waals surface area contributed by atoms with Crippen molar-refractivity contribution >= 4 is 21.6 Å². The Hall–Kier alpha value is -2.35. The third-order valence-corrected chi connectivity index (χ3v) is 5.35. The average molecular weight is 362 g/mol. The lowest BCUT2D eigenvalue weighted by Crippen LogP contribution is -2.43. The van der Waals surface area contributed by atoms with Gasteiger partial charge in [-0.05, 0) is 37.0 Å². The monoisotopic (exact) mass is 362 g/mol. The quantitative estimate of drug-likeness (QED) is 0.873. The van der Waals surface area contributed by atoms with E-state index in [0.29, 0.717) is 18.8 Å². The molecule has 8 heteroatoms. The second-order valence-corrected chi connectivity index (χ2v) is 8.71. The molecular weight excluding hydrogens is 340 g/mol. The van der Waals surface area contributed by atoms with E-state index in [1.54, 1.807) is 11.1 Å². The molecule has 134 valence electrons. The number of anilines is 1. The highest BCUT2D eigenvalue weighted by molar-refractivity contribution is 7.90. The number of benzene rings is 1. The number of carbonyl (C=O) groups is 1. The number of piperidine rings is 1. The predicted molar refractivity (Wildman–Crippen MR) is 97.1 cm³/mol. The number of aromatic amines is 1. The van der Waals surface area contributed by atoms with Crippen LogP contribution >= 0.6 is 0 Å². The van der Waals surface area contributed by atoms with Crippen molar-refractivity contribution < 1.29 is 13.2 Å². The number of carbonyl (C=O) groups excluding carboxylic acids is 1. The van der Waals surface area contributed by atoms with E-state index in [1.165, 1.54) is 6.26 Å². The molecule has 2 amide bonds. The first-order valence-electron chi connectivity index (χ1n) is 8.24. The molecule has 0 radical (unpaired) electrons. The highest BCUT2D eigenvalue weighted by Gasteiger charge is 2.26. The molecule has 1 aliphatic rings. The number of hydrogen-bond acceptors (Lipinski definition) is 4. The fourth-order valence-corrected chi connectivity index (χ4v) is 4.33. The van der Waals surface area contributed by atoms with Crippen LogP contribution in [0.15, 0.2) is 36.5 Å². The average Bonchev–Trinajstić information content (AvgIpc) is 3.08. The van der Waals surface area contributed by atoms with Gasteiger partial charge in [-0.3, -0.25) is 5.10 Å². The minimum absolute atomic E-state index is 0.00540. The third kappa shape index (κ3) is 4.82. The summed E-state index contributed by atoms with van der Waals surface area (Å²) in [5, 5.41) is 9.73. The van der Waals surface area contributed by atoms with Crippen LogP contribution in [-0.2, 0) is 9.84 Å². The van der Waals surface area contributed by atoms with Crippen LogP contribution in [0.1, 0.15) is 12.8 Å². The molecule has 0 saturated carbocycles.